The van der Waals surface area contributed by atoms with Gasteiger partial charge in [0.2, 0.25) is 12.3 Å². The van der Waals surface area contributed by atoms with E-state index in [1.807, 2.05) is 25.1 Å². The summed E-state index contributed by atoms with van der Waals surface area (Å²) >= 11 is 0. The van der Waals surface area contributed by atoms with Crippen molar-refractivity contribution in [2.45, 2.75) is 50.8 Å². The number of piperidine rings is 1. The number of carbonyl (C=O) groups is 3. The Kier molecular flexibility index (Phi) is 5.62. The van der Waals surface area contributed by atoms with Gasteiger partial charge in [-0.25, -0.2) is 0 Å². The van der Waals surface area contributed by atoms with Crippen LogP contribution in [-0.4, -0.2) is 59.3 Å². The molecule has 0 aromatic heterocycles. The number of hydrogen-bond donors (Lipinski definition) is 2. The third-order valence-corrected chi connectivity index (χ3v) is 5.83. The van der Waals surface area contributed by atoms with Crippen LogP contribution in [0.2, 0.25) is 0 Å². The number of benzene rings is 1. The molecular formula is C20H27N3O4. The van der Waals surface area contributed by atoms with Gasteiger partial charge in [-0.1, -0.05) is 12.1 Å². The van der Waals surface area contributed by atoms with E-state index in [1.165, 1.54) is 0 Å². The van der Waals surface area contributed by atoms with Gasteiger partial charge in [0, 0.05) is 37.7 Å². The van der Waals surface area contributed by atoms with Crippen LogP contribution < -0.4 is 5.32 Å². The van der Waals surface area contributed by atoms with Crippen molar-refractivity contribution in [3.63, 3.8) is 0 Å². The number of imide groups is 1. The van der Waals surface area contributed by atoms with Crippen molar-refractivity contribution in [2.24, 2.45) is 0 Å². The Morgan fingerprint density at radius 3 is 2.74 bits per heavy atom. The number of carbonyl (C=O) groups excluding carboxylic acids is 3. The highest BCUT2D eigenvalue weighted by Crippen LogP contribution is 2.35. The molecule has 3 amide bonds. The van der Waals surface area contributed by atoms with E-state index in [9.17, 15) is 19.5 Å². The lowest BCUT2D eigenvalue weighted by molar-refractivity contribution is -0.125. The van der Waals surface area contributed by atoms with E-state index in [1.54, 1.807) is 4.90 Å². The summed E-state index contributed by atoms with van der Waals surface area (Å²) in [4.78, 5) is 38.4. The standard InChI is InChI=1S/C20H27N3O4/c1-14(3-6-18(25)21-13-24)23-12-15-11-16(4-5-17(15)19(23)26)20(27)7-9-22(2)10-8-20/h4-5,11,13-14,27H,3,6-10,12H2,1-2H3,(H,21,24,25). The number of rotatable bonds is 6. The minimum Gasteiger partial charge on any atom is -0.385 e. The number of amides is 3. The highest BCUT2D eigenvalue weighted by molar-refractivity contribution is 5.98. The van der Waals surface area contributed by atoms with Gasteiger partial charge in [0.25, 0.3) is 5.91 Å². The van der Waals surface area contributed by atoms with E-state index in [-0.39, 0.29) is 24.3 Å². The second-order valence-corrected chi connectivity index (χ2v) is 7.71. The fraction of sp³-hybridized carbons (Fsp3) is 0.550. The van der Waals surface area contributed by atoms with Crippen molar-refractivity contribution in [1.82, 2.24) is 15.1 Å². The van der Waals surface area contributed by atoms with Gasteiger partial charge in [0.1, 0.15) is 0 Å². The largest absolute Gasteiger partial charge is 0.385 e. The molecule has 1 atom stereocenters. The average molecular weight is 373 g/mol. The van der Waals surface area contributed by atoms with Gasteiger partial charge in [-0.2, -0.15) is 0 Å². The summed E-state index contributed by atoms with van der Waals surface area (Å²) in [6.45, 7) is 4.08. The zero-order valence-electron chi connectivity index (χ0n) is 15.9. The zero-order valence-corrected chi connectivity index (χ0v) is 15.9. The molecule has 2 heterocycles. The topological polar surface area (TPSA) is 89.9 Å². The molecule has 2 N–H and O–H groups in total. The molecule has 1 saturated heterocycles. The number of fused-ring (bicyclic) bond motifs is 1. The first kappa shape index (κ1) is 19.5. The fourth-order valence-corrected chi connectivity index (χ4v) is 3.90. The molecule has 1 fully saturated rings. The molecule has 7 nitrogen and oxygen atoms in total. The third-order valence-electron chi connectivity index (χ3n) is 5.83. The fourth-order valence-electron chi connectivity index (χ4n) is 3.90. The number of aliphatic hydroxyl groups is 1. The first-order chi connectivity index (χ1) is 12.8. The van der Waals surface area contributed by atoms with Crippen LogP contribution in [0.1, 0.15) is 54.1 Å². The van der Waals surface area contributed by atoms with E-state index in [2.05, 4.69) is 17.3 Å². The van der Waals surface area contributed by atoms with Crippen molar-refractivity contribution in [3.8, 4) is 0 Å². The van der Waals surface area contributed by atoms with Crippen LogP contribution in [0.15, 0.2) is 18.2 Å². The van der Waals surface area contributed by atoms with Crippen molar-refractivity contribution in [2.75, 3.05) is 20.1 Å². The maximum absolute atomic E-state index is 12.7. The Balaban J connectivity index is 1.70. The average Bonchev–Trinajstić information content (AvgIpc) is 2.99. The first-order valence-corrected chi connectivity index (χ1v) is 9.42. The van der Waals surface area contributed by atoms with Gasteiger partial charge in [0.15, 0.2) is 0 Å². The molecule has 27 heavy (non-hydrogen) atoms. The van der Waals surface area contributed by atoms with Crippen LogP contribution >= 0.6 is 0 Å². The molecule has 0 aliphatic carbocycles. The molecule has 0 saturated carbocycles. The van der Waals surface area contributed by atoms with Gasteiger partial charge < -0.3 is 14.9 Å². The van der Waals surface area contributed by atoms with Crippen LogP contribution in [0.4, 0.5) is 0 Å². The number of nitrogens with one attached hydrogen (secondary N) is 1. The maximum Gasteiger partial charge on any atom is 0.254 e. The number of likely N-dealkylation sites (tertiary alicyclic amines) is 1. The van der Waals surface area contributed by atoms with E-state index in [0.29, 0.717) is 37.8 Å². The molecule has 0 spiro atoms. The smallest absolute Gasteiger partial charge is 0.254 e. The lowest BCUT2D eigenvalue weighted by Crippen LogP contribution is -2.40. The number of nitrogens with zero attached hydrogens (tertiary/aromatic N) is 2. The van der Waals surface area contributed by atoms with Crippen molar-refractivity contribution in [1.29, 1.82) is 0 Å². The molecule has 1 unspecified atom stereocenters. The Bertz CT molecular complexity index is 741. The molecule has 3 rings (SSSR count). The molecule has 146 valence electrons. The maximum atomic E-state index is 12.7. The van der Waals surface area contributed by atoms with Crippen LogP contribution in [0, 0.1) is 0 Å². The molecule has 7 heteroatoms. The second kappa shape index (κ2) is 7.78. The Morgan fingerprint density at radius 1 is 1.37 bits per heavy atom. The third kappa shape index (κ3) is 4.04. The molecule has 2 aliphatic rings. The molecule has 1 aromatic carbocycles. The van der Waals surface area contributed by atoms with Gasteiger partial charge in [-0.15, -0.1) is 0 Å². The molecule has 2 aliphatic heterocycles. The summed E-state index contributed by atoms with van der Waals surface area (Å²) < 4.78 is 0. The normalized spacial score (nSPS) is 20.3. The predicted octanol–water partition coefficient (Wildman–Crippen LogP) is 0.997. The van der Waals surface area contributed by atoms with Crippen LogP contribution in [-0.2, 0) is 21.7 Å². The van der Waals surface area contributed by atoms with Crippen molar-refractivity contribution in [3.05, 3.63) is 34.9 Å². The van der Waals surface area contributed by atoms with E-state index in [4.69, 9.17) is 0 Å². The van der Waals surface area contributed by atoms with Gasteiger partial charge in [-0.05, 0) is 50.4 Å². The summed E-state index contributed by atoms with van der Waals surface area (Å²) in [5, 5.41) is 13.1. The number of hydrogen-bond acceptors (Lipinski definition) is 5. The molecule has 1 aromatic rings. The monoisotopic (exact) mass is 373 g/mol. The quantitative estimate of drug-likeness (QED) is 0.726. The second-order valence-electron chi connectivity index (χ2n) is 7.71. The van der Waals surface area contributed by atoms with Gasteiger partial charge in [-0.3, -0.25) is 19.7 Å². The molecular weight excluding hydrogens is 346 g/mol. The minimum absolute atomic E-state index is 0.0461. The SMILES string of the molecule is CC(CCC(=O)NC=O)N1Cc2cc(C3(O)CCN(C)CC3)ccc2C1=O. The lowest BCUT2D eigenvalue weighted by Gasteiger charge is -2.37. The van der Waals surface area contributed by atoms with Crippen LogP contribution in [0.5, 0.6) is 0 Å². The Labute approximate surface area is 159 Å². The highest BCUT2D eigenvalue weighted by atomic mass is 16.3. The predicted molar refractivity (Wildman–Crippen MR) is 99.8 cm³/mol. The Morgan fingerprint density at radius 2 is 2.07 bits per heavy atom. The van der Waals surface area contributed by atoms with E-state index < -0.39 is 5.60 Å². The summed E-state index contributed by atoms with van der Waals surface area (Å²) in [6, 6.07) is 5.53. The van der Waals surface area contributed by atoms with E-state index in [0.717, 1.165) is 24.2 Å². The summed E-state index contributed by atoms with van der Waals surface area (Å²) in [7, 11) is 2.05. The highest BCUT2D eigenvalue weighted by Gasteiger charge is 2.36. The van der Waals surface area contributed by atoms with Crippen LogP contribution in [0.25, 0.3) is 0 Å². The summed E-state index contributed by atoms with van der Waals surface area (Å²) in [6.07, 6.45) is 2.42. The van der Waals surface area contributed by atoms with Crippen molar-refractivity contribution < 1.29 is 19.5 Å². The Hall–Kier alpha value is -2.25. The van der Waals surface area contributed by atoms with Crippen molar-refractivity contribution >= 4 is 18.2 Å². The summed E-state index contributed by atoms with van der Waals surface area (Å²) in [5.41, 5.74) is 1.63. The lowest BCUT2D eigenvalue weighted by atomic mass is 9.83. The minimum atomic E-state index is -0.837. The molecule has 0 radical (unpaired) electrons. The zero-order chi connectivity index (χ0) is 19.6. The molecule has 0 bridgehead atoms. The van der Waals surface area contributed by atoms with Crippen LogP contribution in [0.3, 0.4) is 0 Å². The van der Waals surface area contributed by atoms with Gasteiger partial charge >= 0.3 is 0 Å². The van der Waals surface area contributed by atoms with E-state index >= 15 is 0 Å². The van der Waals surface area contributed by atoms with Gasteiger partial charge in [0.05, 0.1) is 5.60 Å². The first-order valence-electron chi connectivity index (χ1n) is 9.42. The summed E-state index contributed by atoms with van der Waals surface area (Å²) in [5.74, 6) is -0.386.